The summed E-state index contributed by atoms with van der Waals surface area (Å²) >= 11 is 0. The Morgan fingerprint density at radius 2 is 1.43 bits per heavy atom. The maximum Gasteiger partial charge on any atom is 0.254 e. The van der Waals surface area contributed by atoms with Gasteiger partial charge in [0.2, 0.25) is 17.7 Å². The highest BCUT2D eigenvalue weighted by Gasteiger charge is 2.33. The van der Waals surface area contributed by atoms with Gasteiger partial charge in [-0.25, -0.2) is 0 Å². The highest BCUT2D eigenvalue weighted by Crippen LogP contribution is 2.39. The molecule has 0 aliphatic carbocycles. The Kier molecular flexibility index (Phi) is 13.8. The summed E-state index contributed by atoms with van der Waals surface area (Å²) in [6, 6.07) is 21.8. The van der Waals surface area contributed by atoms with Crippen LogP contribution in [-0.4, -0.2) is 99.1 Å². The molecule has 0 unspecified atom stereocenters. The number of nitrogens with one attached hydrogen (secondary N) is 2. The number of carbonyl (C=O) groups is 6. The highest BCUT2D eigenvalue weighted by molar-refractivity contribution is 5.99. The second-order valence-corrected chi connectivity index (χ2v) is 15.0. The van der Waals surface area contributed by atoms with E-state index in [1.165, 1.54) is 50.2 Å². The number of nitrogens with zero attached hydrogens (tertiary/aromatic N) is 2. The first kappa shape index (κ1) is 42.8. The average Bonchev–Trinajstić information content (AvgIpc) is 3.21. The fourth-order valence-electron chi connectivity index (χ4n) is 7.11. The van der Waals surface area contributed by atoms with E-state index >= 15 is 0 Å². The van der Waals surface area contributed by atoms with Crippen molar-refractivity contribution >= 4 is 35.2 Å². The molecule has 1 aliphatic rings. The molecule has 1 heterocycles. The number of Topliss-reactive ketones (excluding diaryl/α,β-unsaturated/α-hetero) is 2. The monoisotopic (exact) mass is 790 g/mol. The van der Waals surface area contributed by atoms with Crippen LogP contribution in [0.2, 0.25) is 0 Å². The molecule has 0 fully saturated rings. The van der Waals surface area contributed by atoms with Crippen LogP contribution in [0.5, 0.6) is 11.5 Å². The van der Waals surface area contributed by atoms with Crippen molar-refractivity contribution in [2.24, 2.45) is 5.92 Å². The second-order valence-electron chi connectivity index (χ2n) is 15.0. The Balaban J connectivity index is 1.27. The minimum Gasteiger partial charge on any atom is -0.507 e. The van der Waals surface area contributed by atoms with Crippen LogP contribution in [0.3, 0.4) is 0 Å². The van der Waals surface area contributed by atoms with Gasteiger partial charge in [-0.15, -0.1) is 0 Å². The molecule has 304 valence electrons. The van der Waals surface area contributed by atoms with Crippen LogP contribution < -0.4 is 10.6 Å². The van der Waals surface area contributed by atoms with Crippen molar-refractivity contribution in [3.63, 3.8) is 0 Å². The molecule has 58 heavy (non-hydrogen) atoms. The van der Waals surface area contributed by atoms with Crippen molar-refractivity contribution in [2.75, 3.05) is 20.7 Å². The van der Waals surface area contributed by atoms with E-state index < -0.39 is 59.9 Å². The molecule has 0 aromatic heterocycles. The van der Waals surface area contributed by atoms with E-state index in [4.69, 9.17) is 0 Å². The number of ketones is 2. The van der Waals surface area contributed by atoms with E-state index in [1.54, 1.807) is 43.3 Å². The summed E-state index contributed by atoms with van der Waals surface area (Å²) in [7, 11) is 2.79. The Morgan fingerprint density at radius 1 is 0.810 bits per heavy atom. The number of aliphatic hydroxyl groups is 1. The lowest BCUT2D eigenvalue weighted by atomic mass is 9.90. The quantitative estimate of drug-likeness (QED) is 0.145. The standard InChI is InChI=1S/C45H50N4O9/c1-26-21-40(54)42(33-16-18-39(53)35(24-33)34-23-29(11-17-38(34)52)22-27(2)46-43(26)56)49(5)41(55)20-19-37(51)28(3)47-44(57)36(25-50)48(4)45(58)32-14-12-31(13-15-32)30-9-7-6-8-10-30/h6-18,23-24,26-28,36,42,50,52-53H,19-22,25H2,1-5H3,(H,46,56)(H,47,57)/t26-,27-,28-,36-,42+/m1/s1. The highest BCUT2D eigenvalue weighted by atomic mass is 16.3. The lowest BCUT2D eigenvalue weighted by molar-refractivity contribution is -0.140. The van der Waals surface area contributed by atoms with Gasteiger partial charge in [-0.2, -0.15) is 0 Å². The van der Waals surface area contributed by atoms with Crippen LogP contribution in [0.25, 0.3) is 22.3 Å². The van der Waals surface area contributed by atoms with E-state index in [2.05, 4.69) is 10.6 Å². The zero-order chi connectivity index (χ0) is 42.3. The molecular formula is C45H50N4O9. The number of rotatable bonds is 11. The molecule has 0 saturated carbocycles. The average molecular weight is 791 g/mol. The molecule has 5 rings (SSSR count). The van der Waals surface area contributed by atoms with Crippen molar-refractivity contribution in [1.29, 1.82) is 0 Å². The van der Waals surface area contributed by atoms with Crippen molar-refractivity contribution < 1.29 is 44.1 Å². The first-order valence-corrected chi connectivity index (χ1v) is 19.2. The first-order chi connectivity index (χ1) is 27.6. The van der Waals surface area contributed by atoms with Gasteiger partial charge in [0.15, 0.2) is 11.6 Å². The zero-order valence-corrected chi connectivity index (χ0v) is 33.3. The van der Waals surface area contributed by atoms with Gasteiger partial charge in [-0.3, -0.25) is 28.8 Å². The largest absolute Gasteiger partial charge is 0.507 e. The Bertz CT molecular complexity index is 2170. The third-order valence-corrected chi connectivity index (χ3v) is 10.6. The van der Waals surface area contributed by atoms with Gasteiger partial charge in [-0.1, -0.05) is 61.5 Å². The summed E-state index contributed by atoms with van der Waals surface area (Å²) in [6.45, 7) is 4.17. The van der Waals surface area contributed by atoms with Crippen molar-refractivity contribution in [2.45, 2.75) is 70.6 Å². The molecule has 4 aromatic carbocycles. The third kappa shape index (κ3) is 9.96. The number of phenolic OH excluding ortho intramolecular Hbond substituents is 2. The molecule has 13 heteroatoms. The number of phenols is 2. The van der Waals surface area contributed by atoms with E-state index in [9.17, 15) is 44.1 Å². The number of likely N-dealkylation sites (N-methyl/N-ethyl adjacent to an activating group) is 2. The molecule has 13 nitrogen and oxygen atoms in total. The summed E-state index contributed by atoms with van der Waals surface area (Å²) in [5, 5.41) is 37.2. The summed E-state index contributed by atoms with van der Waals surface area (Å²) in [5.41, 5.74) is 3.84. The van der Waals surface area contributed by atoms with Gasteiger partial charge < -0.3 is 35.8 Å². The van der Waals surface area contributed by atoms with Crippen molar-refractivity contribution in [3.05, 3.63) is 108 Å². The molecule has 5 atom stereocenters. The van der Waals surface area contributed by atoms with Crippen LogP contribution >= 0.6 is 0 Å². The lowest BCUT2D eigenvalue weighted by Gasteiger charge is -2.30. The van der Waals surface area contributed by atoms with Crippen molar-refractivity contribution in [3.8, 4) is 33.8 Å². The third-order valence-electron chi connectivity index (χ3n) is 10.6. The van der Waals surface area contributed by atoms with E-state index in [0.29, 0.717) is 23.1 Å². The van der Waals surface area contributed by atoms with Gasteiger partial charge in [0.05, 0.1) is 12.6 Å². The lowest BCUT2D eigenvalue weighted by Crippen LogP contribution is -2.53. The number of aliphatic hydroxyl groups excluding tert-OH is 1. The predicted octanol–water partition coefficient (Wildman–Crippen LogP) is 4.57. The topological polar surface area (TPSA) is 194 Å². The molecule has 0 saturated heterocycles. The maximum atomic E-state index is 14.0. The SMILES string of the molecule is C[C@@H]1Cc2ccc(O)c(c2)-c2cc(ccc2O)[C@H](N(C)C(=O)CCC(=O)[C@@H](C)NC(=O)[C@@H](CO)N(C)C(=O)c2ccc(-c3ccccc3)cc2)C(=O)C[C@@H](C)C(=O)N1. The van der Waals surface area contributed by atoms with E-state index in [1.807, 2.05) is 37.3 Å². The van der Waals surface area contributed by atoms with Gasteiger partial charge in [0, 0.05) is 62.0 Å². The molecule has 5 N–H and O–H groups in total. The smallest absolute Gasteiger partial charge is 0.254 e. The van der Waals surface area contributed by atoms with E-state index in [-0.39, 0.29) is 48.3 Å². The van der Waals surface area contributed by atoms with Gasteiger partial charge >= 0.3 is 0 Å². The van der Waals surface area contributed by atoms with Gasteiger partial charge in [0.25, 0.3) is 5.91 Å². The normalized spacial score (nSPS) is 17.9. The molecule has 4 aromatic rings. The molecule has 0 radical (unpaired) electrons. The molecular weight excluding hydrogens is 741 g/mol. The number of carbonyl (C=O) groups excluding carboxylic acids is 6. The summed E-state index contributed by atoms with van der Waals surface area (Å²) < 4.78 is 0. The fourth-order valence-corrected chi connectivity index (χ4v) is 7.11. The fraction of sp³-hybridized carbons (Fsp3) is 0.333. The number of hydrogen-bond acceptors (Lipinski definition) is 9. The number of hydrogen-bond donors (Lipinski definition) is 5. The first-order valence-electron chi connectivity index (χ1n) is 19.2. The van der Waals surface area contributed by atoms with E-state index in [0.717, 1.165) is 21.6 Å². The molecule has 0 spiro atoms. The summed E-state index contributed by atoms with van der Waals surface area (Å²) in [5.74, 6) is -4.15. The summed E-state index contributed by atoms with van der Waals surface area (Å²) in [4.78, 5) is 82.9. The number of fused-ring (bicyclic) bond motifs is 5. The van der Waals surface area contributed by atoms with Gasteiger partial charge in [-0.05, 0) is 78.9 Å². The Morgan fingerprint density at radius 3 is 2.09 bits per heavy atom. The summed E-state index contributed by atoms with van der Waals surface area (Å²) in [6.07, 6.45) is -0.417. The predicted molar refractivity (Wildman–Crippen MR) is 218 cm³/mol. The minimum absolute atomic E-state index is 0.113. The second kappa shape index (κ2) is 18.7. The molecule has 4 amide bonds. The van der Waals surface area contributed by atoms with Crippen molar-refractivity contribution in [1.82, 2.24) is 20.4 Å². The number of amides is 4. The number of benzene rings is 4. The van der Waals surface area contributed by atoms with Crippen LogP contribution in [0, 0.1) is 5.92 Å². The number of aromatic hydroxyl groups is 2. The van der Waals surface area contributed by atoms with Crippen LogP contribution in [-0.2, 0) is 30.4 Å². The molecule has 4 bridgehead atoms. The zero-order valence-electron chi connectivity index (χ0n) is 33.3. The van der Waals surface area contributed by atoms with Crippen LogP contribution in [0.1, 0.15) is 67.6 Å². The van der Waals surface area contributed by atoms with Crippen LogP contribution in [0.15, 0.2) is 91.0 Å². The Hall–Kier alpha value is -6.34. The molecule has 1 aliphatic heterocycles. The maximum absolute atomic E-state index is 14.0. The van der Waals surface area contributed by atoms with Crippen LogP contribution in [0.4, 0.5) is 0 Å². The Labute approximate surface area is 337 Å². The minimum atomic E-state index is -1.31. The van der Waals surface area contributed by atoms with Gasteiger partial charge in [0.1, 0.15) is 23.6 Å².